The Morgan fingerprint density at radius 3 is 2.70 bits per heavy atom. The van der Waals surface area contributed by atoms with E-state index in [9.17, 15) is 22.8 Å². The molecule has 1 aliphatic heterocycles. The highest BCUT2D eigenvalue weighted by molar-refractivity contribution is 6.00. The Balaban J connectivity index is 1.38. The zero-order valence-corrected chi connectivity index (χ0v) is 15.6. The molecule has 0 spiro atoms. The molecule has 10 heteroatoms. The molecule has 1 fully saturated rings. The molecule has 3 aromatic rings. The average molecular weight is 418 g/mol. The van der Waals surface area contributed by atoms with Gasteiger partial charge in [0.1, 0.15) is 11.5 Å². The van der Waals surface area contributed by atoms with E-state index in [0.717, 1.165) is 11.6 Å². The summed E-state index contributed by atoms with van der Waals surface area (Å²) in [7, 11) is 0. The third kappa shape index (κ3) is 4.37. The van der Waals surface area contributed by atoms with Gasteiger partial charge in [0.05, 0.1) is 5.52 Å². The Hall–Kier alpha value is -3.56. The minimum atomic E-state index is -4.49. The number of amides is 1. The van der Waals surface area contributed by atoms with Crippen molar-refractivity contribution >= 4 is 28.5 Å². The summed E-state index contributed by atoms with van der Waals surface area (Å²) in [5.41, 5.74) is 1.33. The lowest BCUT2D eigenvalue weighted by atomic mass is 10.0. The second kappa shape index (κ2) is 7.69. The zero-order chi connectivity index (χ0) is 21.3. The van der Waals surface area contributed by atoms with Gasteiger partial charge in [-0.2, -0.15) is 13.2 Å². The fourth-order valence-electron chi connectivity index (χ4n) is 3.31. The summed E-state index contributed by atoms with van der Waals surface area (Å²) in [6, 6.07) is 8.65. The highest BCUT2D eigenvalue weighted by Crippen LogP contribution is 2.30. The molecule has 4 rings (SSSR count). The van der Waals surface area contributed by atoms with Crippen LogP contribution in [0, 0.1) is 0 Å². The van der Waals surface area contributed by atoms with Crippen LogP contribution in [0.15, 0.2) is 57.3 Å². The van der Waals surface area contributed by atoms with Gasteiger partial charge in [-0.15, -0.1) is 0 Å². The maximum atomic E-state index is 12.8. The fourth-order valence-corrected chi connectivity index (χ4v) is 3.31. The number of alkyl halides is 3. The summed E-state index contributed by atoms with van der Waals surface area (Å²) in [5.74, 6) is -0.625. The van der Waals surface area contributed by atoms with Gasteiger partial charge < -0.3 is 14.6 Å². The topological polar surface area (TPSA) is 91.2 Å². The monoisotopic (exact) mass is 418 g/mol. The molecule has 0 unspecified atom stereocenters. The standard InChI is InChI=1S/C20H17F3N4O3/c21-20(22,23)16-2-1-3-17(26-16)27-8-6-12(7-9-27)10-18(28)24-13-4-5-14-15(11-13)30-19(29)25-14/h1-5,10-11H,6-9H2,(H,24,28)(H,25,29). The number of aromatic amines is 1. The second-order valence-electron chi connectivity index (χ2n) is 6.88. The average Bonchev–Trinajstić information content (AvgIpc) is 3.07. The summed E-state index contributed by atoms with van der Waals surface area (Å²) in [5, 5.41) is 2.72. The molecule has 3 heterocycles. The van der Waals surface area contributed by atoms with Crippen molar-refractivity contribution in [2.24, 2.45) is 0 Å². The fraction of sp³-hybridized carbons (Fsp3) is 0.250. The molecule has 0 radical (unpaired) electrons. The van der Waals surface area contributed by atoms with Crippen molar-refractivity contribution in [2.75, 3.05) is 23.3 Å². The molecule has 2 N–H and O–H groups in total. The number of benzene rings is 1. The highest BCUT2D eigenvalue weighted by Gasteiger charge is 2.33. The number of rotatable bonds is 3. The van der Waals surface area contributed by atoms with Crippen LogP contribution in [0.3, 0.4) is 0 Å². The second-order valence-corrected chi connectivity index (χ2v) is 6.88. The van der Waals surface area contributed by atoms with E-state index >= 15 is 0 Å². The lowest BCUT2D eigenvalue weighted by Crippen LogP contribution is -2.32. The molecule has 1 saturated heterocycles. The largest absolute Gasteiger partial charge is 0.433 e. The molecule has 0 bridgehead atoms. The van der Waals surface area contributed by atoms with Crippen LogP contribution in [0.2, 0.25) is 0 Å². The van der Waals surface area contributed by atoms with Gasteiger partial charge >= 0.3 is 11.9 Å². The van der Waals surface area contributed by atoms with Gasteiger partial charge in [0, 0.05) is 30.9 Å². The van der Waals surface area contributed by atoms with Crippen LogP contribution in [0.5, 0.6) is 0 Å². The van der Waals surface area contributed by atoms with Crippen molar-refractivity contribution in [3.8, 4) is 0 Å². The van der Waals surface area contributed by atoms with E-state index in [1.165, 1.54) is 12.1 Å². The Bertz CT molecular complexity index is 1170. The van der Waals surface area contributed by atoms with Crippen LogP contribution >= 0.6 is 0 Å². The number of hydrogen-bond donors (Lipinski definition) is 2. The minimum absolute atomic E-state index is 0.273. The lowest BCUT2D eigenvalue weighted by molar-refractivity contribution is -0.141. The number of nitrogens with zero attached hydrogens (tertiary/aromatic N) is 2. The normalized spacial score (nSPS) is 14.8. The summed E-state index contributed by atoms with van der Waals surface area (Å²) in [6.45, 7) is 0.932. The van der Waals surface area contributed by atoms with Crippen molar-refractivity contribution in [1.82, 2.24) is 9.97 Å². The van der Waals surface area contributed by atoms with Crippen molar-refractivity contribution < 1.29 is 22.4 Å². The maximum absolute atomic E-state index is 12.8. The molecule has 0 saturated carbocycles. The first kappa shape index (κ1) is 19.7. The number of hydrogen-bond acceptors (Lipinski definition) is 5. The predicted octanol–water partition coefficient (Wildman–Crippen LogP) is 3.70. The van der Waals surface area contributed by atoms with Crippen molar-refractivity contribution in [3.63, 3.8) is 0 Å². The molecular weight excluding hydrogens is 401 g/mol. The third-order valence-electron chi connectivity index (χ3n) is 4.78. The van der Waals surface area contributed by atoms with Crippen LogP contribution in [-0.2, 0) is 11.0 Å². The number of fused-ring (bicyclic) bond motifs is 1. The van der Waals surface area contributed by atoms with Gasteiger partial charge in [-0.25, -0.2) is 9.78 Å². The van der Waals surface area contributed by atoms with E-state index in [0.29, 0.717) is 42.7 Å². The molecule has 0 aliphatic carbocycles. The molecule has 1 aliphatic rings. The van der Waals surface area contributed by atoms with E-state index in [-0.39, 0.29) is 11.7 Å². The Kier molecular flexibility index (Phi) is 5.06. The Morgan fingerprint density at radius 2 is 1.97 bits per heavy atom. The Morgan fingerprint density at radius 1 is 1.20 bits per heavy atom. The van der Waals surface area contributed by atoms with Gasteiger partial charge in [-0.1, -0.05) is 11.6 Å². The van der Waals surface area contributed by atoms with Crippen LogP contribution in [0.4, 0.5) is 24.7 Å². The van der Waals surface area contributed by atoms with E-state index < -0.39 is 17.6 Å². The van der Waals surface area contributed by atoms with Gasteiger partial charge in [0.2, 0.25) is 5.91 Å². The van der Waals surface area contributed by atoms with Gasteiger partial charge in [0.15, 0.2) is 5.58 Å². The van der Waals surface area contributed by atoms with E-state index in [1.54, 1.807) is 29.2 Å². The molecule has 7 nitrogen and oxygen atoms in total. The minimum Gasteiger partial charge on any atom is -0.408 e. The van der Waals surface area contributed by atoms with Crippen molar-refractivity contribution in [1.29, 1.82) is 0 Å². The smallest absolute Gasteiger partial charge is 0.408 e. The quantitative estimate of drug-likeness (QED) is 0.633. The third-order valence-corrected chi connectivity index (χ3v) is 4.78. The lowest BCUT2D eigenvalue weighted by Gasteiger charge is -2.29. The molecule has 156 valence electrons. The van der Waals surface area contributed by atoms with Crippen LogP contribution in [0.1, 0.15) is 18.5 Å². The van der Waals surface area contributed by atoms with Gasteiger partial charge in [-0.3, -0.25) is 9.78 Å². The molecule has 1 amide bonds. The zero-order valence-electron chi connectivity index (χ0n) is 15.6. The maximum Gasteiger partial charge on any atom is 0.433 e. The van der Waals surface area contributed by atoms with Crippen molar-refractivity contribution in [2.45, 2.75) is 19.0 Å². The number of carbonyl (C=O) groups excluding carboxylic acids is 1. The number of aromatic nitrogens is 2. The first-order chi connectivity index (χ1) is 14.3. The summed E-state index contributed by atoms with van der Waals surface area (Å²) in [4.78, 5) is 31.5. The number of halogens is 3. The van der Waals surface area contributed by atoms with Crippen LogP contribution < -0.4 is 16.0 Å². The number of pyridine rings is 1. The Labute approximate surface area is 168 Å². The van der Waals surface area contributed by atoms with E-state index in [4.69, 9.17) is 4.42 Å². The first-order valence-corrected chi connectivity index (χ1v) is 9.20. The number of piperidine rings is 1. The molecule has 0 atom stereocenters. The summed E-state index contributed by atoms with van der Waals surface area (Å²) < 4.78 is 43.5. The highest BCUT2D eigenvalue weighted by atomic mass is 19.4. The van der Waals surface area contributed by atoms with E-state index in [1.807, 2.05) is 0 Å². The van der Waals surface area contributed by atoms with Gasteiger partial charge in [-0.05, 0) is 37.1 Å². The first-order valence-electron chi connectivity index (χ1n) is 9.20. The number of anilines is 2. The van der Waals surface area contributed by atoms with E-state index in [2.05, 4.69) is 15.3 Å². The number of H-pyrrole nitrogens is 1. The summed E-state index contributed by atoms with van der Waals surface area (Å²) in [6.07, 6.45) is -1.91. The number of oxazole rings is 1. The summed E-state index contributed by atoms with van der Waals surface area (Å²) >= 11 is 0. The van der Waals surface area contributed by atoms with Crippen LogP contribution in [0.25, 0.3) is 11.1 Å². The van der Waals surface area contributed by atoms with Crippen LogP contribution in [-0.4, -0.2) is 29.0 Å². The number of nitrogens with one attached hydrogen (secondary N) is 2. The van der Waals surface area contributed by atoms with Gasteiger partial charge in [0.25, 0.3) is 0 Å². The van der Waals surface area contributed by atoms with Crippen molar-refractivity contribution in [3.05, 3.63) is 64.3 Å². The predicted molar refractivity (Wildman–Crippen MR) is 104 cm³/mol. The SMILES string of the molecule is O=C(C=C1CCN(c2cccc(C(F)(F)F)n2)CC1)Nc1ccc2[nH]c(=O)oc2c1. The molecule has 2 aromatic heterocycles. The molecular formula is C20H17F3N4O3. The molecule has 1 aromatic carbocycles. The molecule has 30 heavy (non-hydrogen) atoms. The number of carbonyl (C=O) groups is 1.